The molecule has 1 heterocycles. The van der Waals surface area contributed by atoms with Crippen LogP contribution in [0.15, 0.2) is 6.20 Å². The molecule has 0 aliphatic heterocycles. The first-order valence-corrected chi connectivity index (χ1v) is 5.93. The number of hydrogen-bond donors (Lipinski definition) is 2. The summed E-state index contributed by atoms with van der Waals surface area (Å²) in [6.07, 6.45) is 5.76. The van der Waals surface area contributed by atoms with Crippen molar-refractivity contribution in [1.82, 2.24) is 4.98 Å². The minimum atomic E-state index is -0.0777. The van der Waals surface area contributed by atoms with E-state index in [1.807, 2.05) is 6.20 Å². The molecule has 2 N–H and O–H groups in total. The summed E-state index contributed by atoms with van der Waals surface area (Å²) >= 11 is 1.70. The second-order valence-electron chi connectivity index (χ2n) is 3.93. The van der Waals surface area contributed by atoms with E-state index >= 15 is 0 Å². The number of rotatable bonds is 2. The number of hydrogen-bond acceptors (Lipinski definition) is 4. The summed E-state index contributed by atoms with van der Waals surface area (Å²) in [6.45, 7) is 2.06. The zero-order valence-corrected chi connectivity index (χ0v) is 9.18. The Morgan fingerprint density at radius 2 is 2.14 bits per heavy atom. The van der Waals surface area contributed by atoms with Crippen molar-refractivity contribution in [1.29, 1.82) is 0 Å². The number of aliphatic hydroxyl groups excluding tert-OH is 1. The second-order valence-corrected chi connectivity index (χ2v) is 5.16. The van der Waals surface area contributed by atoms with Gasteiger partial charge >= 0.3 is 0 Å². The summed E-state index contributed by atoms with van der Waals surface area (Å²) in [6, 6.07) is 0.504. The van der Waals surface area contributed by atoms with Crippen LogP contribution >= 0.6 is 11.3 Å². The lowest BCUT2D eigenvalue weighted by molar-refractivity contribution is 0.126. The van der Waals surface area contributed by atoms with Crippen molar-refractivity contribution in [2.45, 2.75) is 44.8 Å². The van der Waals surface area contributed by atoms with E-state index in [4.69, 9.17) is 0 Å². The summed E-state index contributed by atoms with van der Waals surface area (Å²) in [5.74, 6) is 0. The van der Waals surface area contributed by atoms with Gasteiger partial charge in [0.05, 0.1) is 6.10 Å². The molecule has 1 aromatic rings. The van der Waals surface area contributed by atoms with E-state index in [-0.39, 0.29) is 6.10 Å². The number of aryl methyl sites for hydroxylation is 1. The van der Waals surface area contributed by atoms with Gasteiger partial charge in [-0.1, -0.05) is 0 Å². The summed E-state index contributed by atoms with van der Waals surface area (Å²) in [4.78, 5) is 5.51. The number of thiazole rings is 1. The van der Waals surface area contributed by atoms with Crippen LogP contribution in [0.25, 0.3) is 0 Å². The van der Waals surface area contributed by atoms with Crippen molar-refractivity contribution >= 4 is 16.5 Å². The molecular formula is C10H16N2OS. The van der Waals surface area contributed by atoms with Gasteiger partial charge in [0.15, 0.2) is 5.13 Å². The molecule has 14 heavy (non-hydrogen) atoms. The zero-order valence-electron chi connectivity index (χ0n) is 8.36. The number of aromatic nitrogens is 1. The van der Waals surface area contributed by atoms with Gasteiger partial charge in [-0.3, -0.25) is 0 Å². The predicted octanol–water partition coefficient (Wildman–Crippen LogP) is 2.17. The molecule has 1 fully saturated rings. The molecule has 0 unspecified atom stereocenters. The number of nitrogens with zero attached hydrogens (tertiary/aromatic N) is 1. The maximum atomic E-state index is 9.36. The van der Waals surface area contributed by atoms with Crippen LogP contribution in [0.3, 0.4) is 0 Å². The average molecular weight is 212 g/mol. The lowest BCUT2D eigenvalue weighted by Crippen LogP contribution is -2.28. The van der Waals surface area contributed by atoms with Gasteiger partial charge in [-0.2, -0.15) is 0 Å². The van der Waals surface area contributed by atoms with Crippen molar-refractivity contribution in [2.75, 3.05) is 5.32 Å². The molecule has 0 atom stereocenters. The minimum Gasteiger partial charge on any atom is -0.393 e. The van der Waals surface area contributed by atoms with Gasteiger partial charge in [-0.25, -0.2) is 4.98 Å². The van der Waals surface area contributed by atoms with Gasteiger partial charge in [-0.05, 0) is 32.6 Å². The average Bonchev–Trinajstić information content (AvgIpc) is 2.56. The minimum absolute atomic E-state index is 0.0777. The summed E-state index contributed by atoms with van der Waals surface area (Å²) in [7, 11) is 0. The highest BCUT2D eigenvalue weighted by Crippen LogP contribution is 2.24. The van der Waals surface area contributed by atoms with Crippen LogP contribution in [0.4, 0.5) is 5.13 Å². The topological polar surface area (TPSA) is 45.2 Å². The second kappa shape index (κ2) is 4.28. The molecule has 1 aliphatic rings. The molecule has 0 radical (unpaired) electrons. The Hall–Kier alpha value is -0.610. The molecule has 0 amide bonds. The van der Waals surface area contributed by atoms with Crippen LogP contribution in [0.2, 0.25) is 0 Å². The summed E-state index contributed by atoms with van der Waals surface area (Å²) in [5, 5.41) is 13.8. The largest absolute Gasteiger partial charge is 0.393 e. The van der Waals surface area contributed by atoms with Gasteiger partial charge in [0.2, 0.25) is 0 Å². The third-order valence-electron chi connectivity index (χ3n) is 2.65. The molecule has 2 rings (SSSR count). The van der Waals surface area contributed by atoms with Crippen LogP contribution < -0.4 is 5.32 Å². The van der Waals surface area contributed by atoms with Crippen LogP contribution in [-0.2, 0) is 0 Å². The Kier molecular flexibility index (Phi) is 3.03. The quantitative estimate of drug-likeness (QED) is 0.789. The van der Waals surface area contributed by atoms with Crippen LogP contribution in [-0.4, -0.2) is 22.2 Å². The molecule has 1 saturated carbocycles. The SMILES string of the molecule is Cc1cnc(NC2CCC(O)CC2)s1. The van der Waals surface area contributed by atoms with Crippen LogP contribution in [0.1, 0.15) is 30.6 Å². The number of aliphatic hydroxyl groups is 1. The molecule has 78 valence electrons. The fourth-order valence-corrected chi connectivity index (χ4v) is 2.56. The number of anilines is 1. The smallest absolute Gasteiger partial charge is 0.183 e. The van der Waals surface area contributed by atoms with E-state index in [9.17, 15) is 5.11 Å². The summed E-state index contributed by atoms with van der Waals surface area (Å²) < 4.78 is 0. The van der Waals surface area contributed by atoms with Crippen molar-refractivity contribution in [2.24, 2.45) is 0 Å². The fourth-order valence-electron chi connectivity index (χ4n) is 1.82. The van der Waals surface area contributed by atoms with Crippen molar-refractivity contribution in [3.05, 3.63) is 11.1 Å². The van der Waals surface area contributed by atoms with Gasteiger partial charge in [-0.15, -0.1) is 11.3 Å². The Balaban J connectivity index is 1.86. The molecule has 0 saturated heterocycles. The number of nitrogens with one attached hydrogen (secondary N) is 1. The van der Waals surface area contributed by atoms with E-state index in [1.54, 1.807) is 11.3 Å². The molecule has 0 bridgehead atoms. The van der Waals surface area contributed by atoms with Crippen molar-refractivity contribution < 1.29 is 5.11 Å². The normalized spacial score (nSPS) is 27.6. The monoisotopic (exact) mass is 212 g/mol. The van der Waals surface area contributed by atoms with E-state index in [2.05, 4.69) is 17.2 Å². The molecule has 0 spiro atoms. The third kappa shape index (κ3) is 2.45. The van der Waals surface area contributed by atoms with Crippen molar-refractivity contribution in [3.8, 4) is 0 Å². The Bertz CT molecular complexity index is 292. The van der Waals surface area contributed by atoms with Gasteiger partial charge in [0, 0.05) is 17.1 Å². The Labute approximate surface area is 88.2 Å². The summed E-state index contributed by atoms with van der Waals surface area (Å²) in [5.41, 5.74) is 0. The van der Waals surface area contributed by atoms with E-state index < -0.39 is 0 Å². The zero-order chi connectivity index (χ0) is 9.97. The van der Waals surface area contributed by atoms with E-state index in [0.717, 1.165) is 30.8 Å². The maximum absolute atomic E-state index is 9.36. The highest BCUT2D eigenvalue weighted by Gasteiger charge is 2.19. The Morgan fingerprint density at radius 1 is 1.43 bits per heavy atom. The fraction of sp³-hybridized carbons (Fsp3) is 0.700. The Morgan fingerprint density at radius 3 is 2.71 bits per heavy atom. The first-order chi connectivity index (χ1) is 6.74. The highest BCUT2D eigenvalue weighted by molar-refractivity contribution is 7.15. The molecule has 3 nitrogen and oxygen atoms in total. The maximum Gasteiger partial charge on any atom is 0.183 e. The van der Waals surface area contributed by atoms with Gasteiger partial charge in [0.1, 0.15) is 0 Å². The first kappa shape index (κ1) is 9.93. The molecule has 4 heteroatoms. The molecular weight excluding hydrogens is 196 g/mol. The van der Waals surface area contributed by atoms with Gasteiger partial charge < -0.3 is 10.4 Å². The lowest BCUT2D eigenvalue weighted by Gasteiger charge is -2.25. The molecule has 1 aromatic heterocycles. The van der Waals surface area contributed by atoms with Crippen LogP contribution in [0, 0.1) is 6.92 Å². The van der Waals surface area contributed by atoms with E-state index in [0.29, 0.717) is 6.04 Å². The predicted molar refractivity (Wildman–Crippen MR) is 58.7 cm³/mol. The first-order valence-electron chi connectivity index (χ1n) is 5.11. The lowest BCUT2D eigenvalue weighted by atomic mass is 9.93. The van der Waals surface area contributed by atoms with E-state index in [1.165, 1.54) is 4.88 Å². The van der Waals surface area contributed by atoms with Gasteiger partial charge in [0.25, 0.3) is 0 Å². The molecule has 0 aromatic carbocycles. The highest BCUT2D eigenvalue weighted by atomic mass is 32.1. The standard InChI is InChI=1S/C10H16N2OS/c1-7-6-11-10(14-7)12-8-2-4-9(13)5-3-8/h6,8-9,13H,2-5H2,1H3,(H,11,12). The van der Waals surface area contributed by atoms with Crippen LogP contribution in [0.5, 0.6) is 0 Å². The molecule has 1 aliphatic carbocycles. The van der Waals surface area contributed by atoms with Crippen molar-refractivity contribution in [3.63, 3.8) is 0 Å². The third-order valence-corrected chi connectivity index (χ3v) is 3.49.